The minimum absolute atomic E-state index is 0. The summed E-state index contributed by atoms with van der Waals surface area (Å²) in [7, 11) is 0. The first-order chi connectivity index (χ1) is 4.70. The van der Waals surface area contributed by atoms with Gasteiger partial charge in [-0.15, -0.1) is 12.6 Å². The molecule has 0 heterocycles. The second-order valence-electron chi connectivity index (χ2n) is 2.10. The van der Waals surface area contributed by atoms with Crippen molar-refractivity contribution >= 4 is 18.4 Å². The number of hydrogen-bond donors (Lipinski definition) is 1. The van der Waals surface area contributed by atoms with E-state index in [2.05, 4.69) is 12.6 Å². The van der Waals surface area contributed by atoms with Gasteiger partial charge in [-0.1, -0.05) is 12.1 Å². The van der Waals surface area contributed by atoms with E-state index in [0.717, 1.165) is 10.5 Å². The molecular formula is C8H8OSZn. The van der Waals surface area contributed by atoms with Crippen molar-refractivity contribution in [3.8, 4) is 0 Å². The van der Waals surface area contributed by atoms with Gasteiger partial charge in [0.05, 0.1) is 0 Å². The molecule has 0 N–H and O–H groups in total. The molecule has 1 rings (SSSR count). The fourth-order valence-corrected chi connectivity index (χ4v) is 0.845. The zero-order valence-corrected chi connectivity index (χ0v) is 10.2. The molecule has 1 aromatic carbocycles. The molecule has 3 heteroatoms. The van der Waals surface area contributed by atoms with E-state index < -0.39 is 0 Å². The Kier molecular flexibility index (Phi) is 4.62. The van der Waals surface area contributed by atoms with E-state index in [1.807, 2.05) is 0 Å². The number of thiol groups is 1. The number of Topliss-reactive ketones (excluding diaryl/α,β-unsaturated/α-hetero) is 1. The fraction of sp³-hybridized carbons (Fsp3) is 0.125. The van der Waals surface area contributed by atoms with Crippen LogP contribution in [0.3, 0.4) is 0 Å². The molecule has 1 aromatic rings. The van der Waals surface area contributed by atoms with E-state index in [-0.39, 0.29) is 25.3 Å². The third-order valence-corrected chi connectivity index (χ3v) is 1.57. The van der Waals surface area contributed by atoms with Crippen LogP contribution in [0.4, 0.5) is 0 Å². The molecule has 0 radical (unpaired) electrons. The molecule has 11 heavy (non-hydrogen) atoms. The predicted molar refractivity (Wildman–Crippen MR) is 43.7 cm³/mol. The number of rotatable bonds is 1. The summed E-state index contributed by atoms with van der Waals surface area (Å²) < 4.78 is 0. The third kappa shape index (κ3) is 3.17. The van der Waals surface area contributed by atoms with E-state index in [0.29, 0.717) is 0 Å². The summed E-state index contributed by atoms with van der Waals surface area (Å²) >= 11 is 4.09. The van der Waals surface area contributed by atoms with E-state index >= 15 is 0 Å². The molecule has 0 aliphatic carbocycles. The molecule has 54 valence electrons. The number of carbonyl (C=O) groups excluding carboxylic acids is 1. The molecule has 0 bridgehead atoms. The molecule has 0 aliphatic rings. The summed E-state index contributed by atoms with van der Waals surface area (Å²) in [6.45, 7) is 1.55. The topological polar surface area (TPSA) is 17.1 Å². The molecule has 0 saturated carbocycles. The van der Waals surface area contributed by atoms with Crippen LogP contribution in [0.5, 0.6) is 0 Å². The Morgan fingerprint density at radius 3 is 2.09 bits per heavy atom. The summed E-state index contributed by atoms with van der Waals surface area (Å²) in [5.74, 6) is 0.0910. The van der Waals surface area contributed by atoms with Crippen molar-refractivity contribution < 1.29 is 24.3 Å². The molecule has 1 nitrogen and oxygen atoms in total. The predicted octanol–water partition coefficient (Wildman–Crippen LogP) is 2.18. The maximum Gasteiger partial charge on any atom is 0.159 e. The van der Waals surface area contributed by atoms with Crippen molar-refractivity contribution in [3.63, 3.8) is 0 Å². The van der Waals surface area contributed by atoms with Gasteiger partial charge in [0, 0.05) is 29.9 Å². The van der Waals surface area contributed by atoms with Crippen LogP contribution in [-0.4, -0.2) is 5.78 Å². The summed E-state index contributed by atoms with van der Waals surface area (Å²) in [4.78, 5) is 11.6. The second kappa shape index (κ2) is 4.68. The first-order valence-corrected chi connectivity index (χ1v) is 3.45. The number of hydrogen-bond acceptors (Lipinski definition) is 2. The first kappa shape index (κ1) is 10.9. The minimum atomic E-state index is 0. The van der Waals surface area contributed by atoms with Crippen LogP contribution in [0, 0.1) is 0 Å². The summed E-state index contributed by atoms with van der Waals surface area (Å²) in [6.07, 6.45) is 0. The van der Waals surface area contributed by atoms with E-state index in [9.17, 15) is 4.79 Å². The molecule has 0 saturated heterocycles. The van der Waals surface area contributed by atoms with Gasteiger partial charge in [-0.05, 0) is 19.1 Å². The van der Waals surface area contributed by atoms with Gasteiger partial charge < -0.3 is 0 Å². The van der Waals surface area contributed by atoms with E-state index in [1.54, 1.807) is 31.2 Å². The van der Waals surface area contributed by atoms with Crippen LogP contribution < -0.4 is 0 Å². The van der Waals surface area contributed by atoms with Crippen LogP contribution in [0.2, 0.25) is 0 Å². The quantitative estimate of drug-likeness (QED) is 0.434. The van der Waals surface area contributed by atoms with Crippen molar-refractivity contribution in [1.29, 1.82) is 0 Å². The molecular weight excluding hydrogens is 210 g/mol. The zero-order valence-electron chi connectivity index (χ0n) is 6.37. The molecule has 0 aliphatic heterocycles. The Hall–Kier alpha value is -0.137. The Morgan fingerprint density at radius 1 is 1.27 bits per heavy atom. The van der Waals surface area contributed by atoms with Crippen LogP contribution in [-0.2, 0) is 19.5 Å². The normalized spacial score (nSPS) is 8.55. The SMILES string of the molecule is CC(=O)c1ccc(S)cc1.[Zn]. The number of ketones is 1. The van der Waals surface area contributed by atoms with Gasteiger partial charge in [0.1, 0.15) is 0 Å². The van der Waals surface area contributed by atoms with Gasteiger partial charge in [-0.3, -0.25) is 4.79 Å². The van der Waals surface area contributed by atoms with Crippen molar-refractivity contribution in [2.75, 3.05) is 0 Å². The van der Waals surface area contributed by atoms with Gasteiger partial charge >= 0.3 is 0 Å². The zero-order chi connectivity index (χ0) is 7.56. The largest absolute Gasteiger partial charge is 0.295 e. The van der Waals surface area contributed by atoms with Crippen molar-refractivity contribution in [2.24, 2.45) is 0 Å². The van der Waals surface area contributed by atoms with Gasteiger partial charge in [-0.25, -0.2) is 0 Å². The number of benzene rings is 1. The molecule has 0 aromatic heterocycles. The summed E-state index contributed by atoms with van der Waals surface area (Å²) in [6, 6.07) is 7.15. The average molecular weight is 218 g/mol. The first-order valence-electron chi connectivity index (χ1n) is 3.00. The second-order valence-corrected chi connectivity index (χ2v) is 2.62. The fourth-order valence-electron chi connectivity index (χ4n) is 0.696. The Bertz CT molecular complexity index is 243. The van der Waals surface area contributed by atoms with Crippen molar-refractivity contribution in [3.05, 3.63) is 29.8 Å². The van der Waals surface area contributed by atoms with Crippen LogP contribution in [0.1, 0.15) is 17.3 Å². The minimum Gasteiger partial charge on any atom is -0.295 e. The maximum absolute atomic E-state index is 10.7. The van der Waals surface area contributed by atoms with E-state index in [4.69, 9.17) is 0 Å². The Labute approximate surface area is 84.4 Å². The van der Waals surface area contributed by atoms with Crippen molar-refractivity contribution in [2.45, 2.75) is 11.8 Å². The summed E-state index contributed by atoms with van der Waals surface area (Å²) in [5.41, 5.74) is 0.734. The third-order valence-electron chi connectivity index (χ3n) is 1.27. The van der Waals surface area contributed by atoms with E-state index in [1.165, 1.54) is 0 Å². The van der Waals surface area contributed by atoms with Crippen LogP contribution in [0.15, 0.2) is 29.2 Å². The maximum atomic E-state index is 10.7. The van der Waals surface area contributed by atoms with Gasteiger partial charge in [-0.2, -0.15) is 0 Å². The average Bonchev–Trinajstić information content (AvgIpc) is 1.88. The summed E-state index contributed by atoms with van der Waals surface area (Å²) in [5, 5.41) is 0. The molecule has 0 fully saturated rings. The monoisotopic (exact) mass is 216 g/mol. The van der Waals surface area contributed by atoms with Gasteiger partial charge in [0.25, 0.3) is 0 Å². The molecule has 0 atom stereocenters. The molecule has 0 unspecified atom stereocenters. The van der Waals surface area contributed by atoms with Crippen molar-refractivity contribution in [1.82, 2.24) is 0 Å². The Morgan fingerprint density at radius 2 is 1.73 bits per heavy atom. The van der Waals surface area contributed by atoms with Crippen LogP contribution in [0.25, 0.3) is 0 Å². The molecule has 0 spiro atoms. The standard InChI is InChI=1S/C8H8OS.Zn/c1-6(9)7-2-4-8(10)5-3-7;/h2-5,10H,1H3;. The van der Waals surface area contributed by atoms with Gasteiger partial charge in [0.2, 0.25) is 0 Å². The smallest absolute Gasteiger partial charge is 0.159 e. The van der Waals surface area contributed by atoms with Gasteiger partial charge in [0.15, 0.2) is 5.78 Å². The Balaban J connectivity index is 0.000001000. The number of carbonyl (C=O) groups is 1. The molecule has 0 amide bonds. The van der Waals surface area contributed by atoms with Crippen LogP contribution >= 0.6 is 12.6 Å².